The Bertz CT molecular complexity index is 770. The summed E-state index contributed by atoms with van der Waals surface area (Å²) in [5, 5.41) is 12.7. The van der Waals surface area contributed by atoms with Gasteiger partial charge in [-0.1, -0.05) is 0 Å². The zero-order chi connectivity index (χ0) is 14.9. The Morgan fingerprint density at radius 3 is 2.70 bits per heavy atom. The van der Waals surface area contributed by atoms with Crippen molar-refractivity contribution in [2.45, 2.75) is 4.90 Å². The topological polar surface area (TPSA) is 101 Å². The molecule has 0 saturated heterocycles. The van der Waals surface area contributed by atoms with Gasteiger partial charge in [-0.15, -0.1) is 0 Å². The van der Waals surface area contributed by atoms with Gasteiger partial charge in [-0.05, 0) is 34.1 Å². The van der Waals surface area contributed by atoms with Crippen LogP contribution in [0.15, 0.2) is 40.0 Å². The van der Waals surface area contributed by atoms with Crippen molar-refractivity contribution in [3.63, 3.8) is 0 Å². The summed E-state index contributed by atoms with van der Waals surface area (Å²) >= 11 is 3.17. The minimum Gasteiger partial charge on any atom is -0.478 e. The SMILES string of the molecule is Cn1cc(S(=O)(=O)Nc2cc(C(=O)O)ccc2Br)cn1. The summed E-state index contributed by atoms with van der Waals surface area (Å²) in [4.78, 5) is 10.9. The summed E-state index contributed by atoms with van der Waals surface area (Å²) in [6.45, 7) is 0. The predicted molar refractivity (Wildman–Crippen MR) is 75.1 cm³/mol. The lowest BCUT2D eigenvalue weighted by Gasteiger charge is -2.09. The van der Waals surface area contributed by atoms with Crippen LogP contribution in [0.25, 0.3) is 0 Å². The molecule has 20 heavy (non-hydrogen) atoms. The second-order valence-electron chi connectivity index (χ2n) is 3.95. The summed E-state index contributed by atoms with van der Waals surface area (Å²) in [7, 11) is -2.22. The van der Waals surface area contributed by atoms with Gasteiger partial charge in [0.25, 0.3) is 10.0 Å². The van der Waals surface area contributed by atoms with Gasteiger partial charge in [0, 0.05) is 17.7 Å². The van der Waals surface area contributed by atoms with Crippen molar-refractivity contribution in [3.8, 4) is 0 Å². The number of aromatic nitrogens is 2. The Morgan fingerprint density at radius 2 is 2.15 bits per heavy atom. The Kier molecular flexibility index (Phi) is 3.82. The first-order valence-electron chi connectivity index (χ1n) is 5.34. The van der Waals surface area contributed by atoms with Crippen LogP contribution in [0.2, 0.25) is 0 Å². The second kappa shape index (κ2) is 5.25. The molecule has 0 atom stereocenters. The standard InChI is InChI=1S/C11H10BrN3O4S/c1-15-6-8(5-13-15)20(18,19)14-10-4-7(11(16)17)2-3-9(10)12/h2-6,14H,1H3,(H,16,17). The molecule has 0 fully saturated rings. The molecule has 7 nitrogen and oxygen atoms in total. The van der Waals surface area contributed by atoms with Gasteiger partial charge in [0.15, 0.2) is 0 Å². The van der Waals surface area contributed by atoms with Crippen molar-refractivity contribution in [1.82, 2.24) is 9.78 Å². The van der Waals surface area contributed by atoms with Crippen molar-refractivity contribution in [2.75, 3.05) is 4.72 Å². The van der Waals surface area contributed by atoms with Crippen LogP contribution >= 0.6 is 15.9 Å². The van der Waals surface area contributed by atoms with E-state index in [0.717, 1.165) is 0 Å². The number of hydrogen-bond donors (Lipinski definition) is 2. The minimum atomic E-state index is -3.81. The Balaban J connectivity index is 2.39. The zero-order valence-corrected chi connectivity index (χ0v) is 12.6. The maximum atomic E-state index is 12.1. The molecule has 0 bridgehead atoms. The van der Waals surface area contributed by atoms with E-state index in [1.807, 2.05) is 0 Å². The van der Waals surface area contributed by atoms with Crippen molar-refractivity contribution in [3.05, 3.63) is 40.6 Å². The van der Waals surface area contributed by atoms with E-state index in [9.17, 15) is 13.2 Å². The largest absolute Gasteiger partial charge is 0.478 e. The fourth-order valence-electron chi connectivity index (χ4n) is 1.48. The van der Waals surface area contributed by atoms with E-state index in [0.29, 0.717) is 4.47 Å². The number of carbonyl (C=O) groups is 1. The monoisotopic (exact) mass is 359 g/mol. The first-order valence-corrected chi connectivity index (χ1v) is 7.61. The molecule has 106 valence electrons. The lowest BCUT2D eigenvalue weighted by molar-refractivity contribution is 0.0697. The second-order valence-corrected chi connectivity index (χ2v) is 6.49. The minimum absolute atomic E-state index is 0.00683. The van der Waals surface area contributed by atoms with E-state index in [1.165, 1.54) is 35.3 Å². The molecule has 2 rings (SSSR count). The molecule has 0 aliphatic heterocycles. The number of anilines is 1. The van der Waals surface area contributed by atoms with Gasteiger partial charge in [0.1, 0.15) is 4.90 Å². The number of carboxylic acid groups (broad SMARTS) is 1. The molecule has 1 aromatic carbocycles. The Hall–Kier alpha value is -1.87. The van der Waals surface area contributed by atoms with E-state index in [1.54, 1.807) is 7.05 Å². The summed E-state index contributed by atoms with van der Waals surface area (Å²) in [6.07, 6.45) is 2.55. The number of aryl methyl sites for hydroxylation is 1. The number of aromatic carboxylic acids is 1. The van der Waals surface area contributed by atoms with Crippen molar-refractivity contribution in [1.29, 1.82) is 0 Å². The van der Waals surface area contributed by atoms with Crippen molar-refractivity contribution < 1.29 is 18.3 Å². The van der Waals surface area contributed by atoms with Crippen LogP contribution < -0.4 is 4.72 Å². The highest BCUT2D eigenvalue weighted by molar-refractivity contribution is 9.10. The van der Waals surface area contributed by atoms with Crippen LogP contribution in [0.5, 0.6) is 0 Å². The molecule has 0 aliphatic rings. The molecule has 9 heteroatoms. The fraction of sp³-hybridized carbons (Fsp3) is 0.0909. The molecule has 0 amide bonds. The molecular formula is C11H10BrN3O4S. The number of benzene rings is 1. The molecule has 0 aliphatic carbocycles. The number of nitrogens with zero attached hydrogens (tertiary/aromatic N) is 2. The van der Waals surface area contributed by atoms with Crippen LogP contribution in [0, 0.1) is 0 Å². The number of carboxylic acids is 1. The number of rotatable bonds is 4. The molecule has 0 spiro atoms. The number of nitrogens with one attached hydrogen (secondary N) is 1. The van der Waals surface area contributed by atoms with Gasteiger partial charge in [-0.25, -0.2) is 13.2 Å². The van der Waals surface area contributed by atoms with Crippen LogP contribution in [0.3, 0.4) is 0 Å². The van der Waals surface area contributed by atoms with Crippen LogP contribution in [-0.2, 0) is 17.1 Å². The van der Waals surface area contributed by atoms with Crippen LogP contribution in [0.4, 0.5) is 5.69 Å². The molecule has 0 saturated carbocycles. The maximum Gasteiger partial charge on any atom is 0.335 e. The summed E-state index contributed by atoms with van der Waals surface area (Å²) in [6, 6.07) is 4.07. The van der Waals surface area contributed by atoms with E-state index in [2.05, 4.69) is 25.8 Å². The predicted octanol–water partition coefficient (Wildman–Crippen LogP) is 1.68. The van der Waals surface area contributed by atoms with Gasteiger partial charge in [-0.3, -0.25) is 9.40 Å². The molecule has 0 unspecified atom stereocenters. The van der Waals surface area contributed by atoms with Crippen LogP contribution in [0.1, 0.15) is 10.4 Å². The highest BCUT2D eigenvalue weighted by atomic mass is 79.9. The molecule has 2 aromatic rings. The third kappa shape index (κ3) is 2.99. The van der Waals surface area contributed by atoms with E-state index < -0.39 is 16.0 Å². The zero-order valence-electron chi connectivity index (χ0n) is 10.2. The van der Waals surface area contributed by atoms with Gasteiger partial charge >= 0.3 is 5.97 Å². The lowest BCUT2D eigenvalue weighted by atomic mass is 10.2. The van der Waals surface area contributed by atoms with E-state index >= 15 is 0 Å². The Labute approximate surface area is 123 Å². The van der Waals surface area contributed by atoms with Crippen molar-refractivity contribution >= 4 is 37.6 Å². The highest BCUT2D eigenvalue weighted by Crippen LogP contribution is 2.26. The Morgan fingerprint density at radius 1 is 1.45 bits per heavy atom. The third-order valence-corrected chi connectivity index (χ3v) is 4.46. The van der Waals surface area contributed by atoms with Crippen LogP contribution in [-0.4, -0.2) is 29.3 Å². The van der Waals surface area contributed by atoms with Crippen molar-refractivity contribution in [2.24, 2.45) is 7.05 Å². The lowest BCUT2D eigenvalue weighted by Crippen LogP contribution is -2.13. The quantitative estimate of drug-likeness (QED) is 0.864. The van der Waals surface area contributed by atoms with Gasteiger partial charge in [0.2, 0.25) is 0 Å². The highest BCUT2D eigenvalue weighted by Gasteiger charge is 2.18. The van der Waals surface area contributed by atoms with E-state index in [-0.39, 0.29) is 16.1 Å². The van der Waals surface area contributed by atoms with Gasteiger partial charge < -0.3 is 5.11 Å². The average Bonchev–Trinajstić information content (AvgIpc) is 2.79. The first kappa shape index (κ1) is 14.5. The summed E-state index contributed by atoms with van der Waals surface area (Å²) < 4.78 is 28.3. The molecule has 2 N–H and O–H groups in total. The van der Waals surface area contributed by atoms with E-state index in [4.69, 9.17) is 5.11 Å². The summed E-state index contributed by atoms with van der Waals surface area (Å²) in [5.41, 5.74) is 0.130. The third-order valence-electron chi connectivity index (χ3n) is 2.45. The molecule has 1 aromatic heterocycles. The number of sulfonamides is 1. The summed E-state index contributed by atoms with van der Waals surface area (Å²) in [5.74, 6) is -1.14. The molecular weight excluding hydrogens is 350 g/mol. The molecule has 0 radical (unpaired) electrons. The average molecular weight is 360 g/mol. The smallest absolute Gasteiger partial charge is 0.335 e. The molecule has 1 heterocycles. The normalized spacial score (nSPS) is 11.3. The number of halogens is 1. The van der Waals surface area contributed by atoms with Gasteiger partial charge in [0.05, 0.1) is 17.4 Å². The fourth-order valence-corrected chi connectivity index (χ4v) is 3.01. The van der Waals surface area contributed by atoms with Gasteiger partial charge in [-0.2, -0.15) is 5.10 Å². The number of hydrogen-bond acceptors (Lipinski definition) is 4. The first-order chi connectivity index (χ1) is 9.29. The maximum absolute atomic E-state index is 12.1.